The Kier molecular flexibility index (Phi) is 6.31. The number of hydrogen-bond acceptors (Lipinski definition) is 6. The van der Waals surface area contributed by atoms with Crippen LogP contribution >= 0.6 is 0 Å². The largest absolute Gasteiger partial charge is 0.450 e. The van der Waals surface area contributed by atoms with Gasteiger partial charge in [-0.05, 0) is 55.5 Å². The summed E-state index contributed by atoms with van der Waals surface area (Å²) in [5, 5.41) is 8.28. The summed E-state index contributed by atoms with van der Waals surface area (Å²) in [5.41, 5.74) is 1.88. The molecule has 3 aromatic rings. The van der Waals surface area contributed by atoms with Crippen LogP contribution in [0.25, 0.3) is 0 Å². The van der Waals surface area contributed by atoms with Gasteiger partial charge in [0, 0.05) is 23.1 Å². The number of nitrogens with one attached hydrogen (secondary N) is 3. The van der Waals surface area contributed by atoms with E-state index in [2.05, 4.69) is 25.9 Å². The molecule has 0 saturated carbocycles. The van der Waals surface area contributed by atoms with E-state index in [-0.39, 0.29) is 18.1 Å². The maximum absolute atomic E-state index is 13.0. The first-order chi connectivity index (χ1) is 14.0. The normalized spacial score (nSPS) is 10.1. The highest BCUT2D eigenvalue weighted by Gasteiger charge is 2.10. The number of amides is 2. The minimum absolute atomic E-state index is 0.146. The first-order valence-corrected chi connectivity index (χ1v) is 8.73. The van der Waals surface area contributed by atoms with Gasteiger partial charge >= 0.3 is 6.09 Å². The molecule has 3 rings (SSSR count). The molecular weight excluding hydrogens is 377 g/mol. The Morgan fingerprint density at radius 2 is 1.55 bits per heavy atom. The molecule has 0 spiro atoms. The smallest absolute Gasteiger partial charge is 0.411 e. The maximum atomic E-state index is 13.0. The number of hydrogen-bond donors (Lipinski definition) is 3. The molecule has 0 saturated heterocycles. The molecule has 2 amide bonds. The fourth-order valence-corrected chi connectivity index (χ4v) is 2.35. The van der Waals surface area contributed by atoms with Gasteiger partial charge in [-0.1, -0.05) is 0 Å². The molecule has 0 bridgehead atoms. The van der Waals surface area contributed by atoms with E-state index in [0.717, 1.165) is 0 Å². The number of ether oxygens (including phenoxy) is 1. The van der Waals surface area contributed by atoms with Crippen LogP contribution in [0.5, 0.6) is 0 Å². The lowest BCUT2D eigenvalue weighted by molar-refractivity contribution is 0.102. The van der Waals surface area contributed by atoms with E-state index in [9.17, 15) is 14.0 Å². The van der Waals surface area contributed by atoms with Gasteiger partial charge in [0.1, 0.15) is 23.7 Å². The van der Waals surface area contributed by atoms with Crippen molar-refractivity contribution >= 4 is 34.9 Å². The fraction of sp³-hybridized carbons (Fsp3) is 0.100. The number of rotatable bonds is 6. The highest BCUT2D eigenvalue weighted by atomic mass is 19.1. The second kappa shape index (κ2) is 9.27. The molecule has 0 unspecified atom stereocenters. The van der Waals surface area contributed by atoms with E-state index in [1.807, 2.05) is 0 Å². The summed E-state index contributed by atoms with van der Waals surface area (Å²) in [6.07, 6.45) is 0.735. The zero-order valence-corrected chi connectivity index (χ0v) is 15.5. The molecule has 9 heteroatoms. The fourth-order valence-electron chi connectivity index (χ4n) is 2.35. The molecule has 29 heavy (non-hydrogen) atoms. The number of carbonyl (C=O) groups excluding carboxylic acids is 2. The molecule has 0 fully saturated rings. The van der Waals surface area contributed by atoms with Crippen LogP contribution in [-0.4, -0.2) is 28.6 Å². The predicted molar refractivity (Wildman–Crippen MR) is 107 cm³/mol. The molecule has 8 nitrogen and oxygen atoms in total. The van der Waals surface area contributed by atoms with Crippen LogP contribution in [0.15, 0.2) is 60.9 Å². The van der Waals surface area contributed by atoms with Gasteiger partial charge in [0.25, 0.3) is 5.91 Å². The van der Waals surface area contributed by atoms with Gasteiger partial charge in [-0.3, -0.25) is 10.1 Å². The van der Waals surface area contributed by atoms with Crippen molar-refractivity contribution in [3.63, 3.8) is 0 Å². The minimum atomic E-state index is -0.527. The van der Waals surface area contributed by atoms with Crippen LogP contribution in [0.2, 0.25) is 0 Å². The highest BCUT2D eigenvalue weighted by molar-refractivity contribution is 6.03. The molecule has 0 radical (unpaired) electrons. The summed E-state index contributed by atoms with van der Waals surface area (Å²) in [6, 6.07) is 13.8. The average Bonchev–Trinajstić information content (AvgIpc) is 2.71. The topological polar surface area (TPSA) is 105 Å². The van der Waals surface area contributed by atoms with Crippen molar-refractivity contribution in [2.45, 2.75) is 6.92 Å². The van der Waals surface area contributed by atoms with Gasteiger partial charge in [-0.15, -0.1) is 0 Å². The summed E-state index contributed by atoms with van der Waals surface area (Å²) < 4.78 is 17.8. The van der Waals surface area contributed by atoms with Gasteiger partial charge in [0.15, 0.2) is 0 Å². The lowest BCUT2D eigenvalue weighted by atomic mass is 10.2. The van der Waals surface area contributed by atoms with Crippen molar-refractivity contribution in [2.24, 2.45) is 0 Å². The van der Waals surface area contributed by atoms with Crippen LogP contribution in [0.3, 0.4) is 0 Å². The summed E-state index contributed by atoms with van der Waals surface area (Å²) in [4.78, 5) is 31.8. The Labute approximate surface area is 166 Å². The van der Waals surface area contributed by atoms with Crippen molar-refractivity contribution < 1.29 is 18.7 Å². The van der Waals surface area contributed by atoms with Gasteiger partial charge in [0.05, 0.1) is 6.61 Å². The van der Waals surface area contributed by atoms with Crippen LogP contribution in [0, 0.1) is 5.82 Å². The molecule has 1 heterocycles. The van der Waals surface area contributed by atoms with Gasteiger partial charge in [-0.25, -0.2) is 19.2 Å². The van der Waals surface area contributed by atoms with E-state index < -0.39 is 12.0 Å². The number of anilines is 4. The van der Waals surface area contributed by atoms with Gasteiger partial charge in [-0.2, -0.15) is 0 Å². The number of nitrogens with zero attached hydrogens (tertiary/aromatic N) is 2. The zero-order valence-electron chi connectivity index (χ0n) is 15.5. The first kappa shape index (κ1) is 19.7. The lowest BCUT2D eigenvalue weighted by Crippen LogP contribution is -2.14. The molecular formula is C20H18FN5O3. The van der Waals surface area contributed by atoms with Gasteiger partial charge in [0.2, 0.25) is 0 Å². The highest BCUT2D eigenvalue weighted by Crippen LogP contribution is 2.18. The monoisotopic (exact) mass is 395 g/mol. The lowest BCUT2D eigenvalue weighted by Gasteiger charge is -2.09. The second-order valence-electron chi connectivity index (χ2n) is 5.80. The Bertz CT molecular complexity index is 994. The minimum Gasteiger partial charge on any atom is -0.450 e. The molecule has 0 aliphatic rings. The molecule has 1 aromatic heterocycles. The van der Waals surface area contributed by atoms with Crippen molar-refractivity contribution in [3.8, 4) is 0 Å². The third-order valence-corrected chi connectivity index (χ3v) is 3.68. The van der Waals surface area contributed by atoms with Crippen molar-refractivity contribution in [3.05, 3.63) is 72.4 Å². The van der Waals surface area contributed by atoms with Crippen molar-refractivity contribution in [1.82, 2.24) is 9.97 Å². The standard InChI is InChI=1S/C20H18FN5O3/c1-2-29-20(28)26-16-9-7-14(8-10-16)24-18-11-17(22-12-23-18)19(27)25-15-5-3-13(21)4-6-15/h3-12H,2H2,1H3,(H,25,27)(H,26,28)(H,22,23,24). The van der Waals surface area contributed by atoms with Crippen LogP contribution in [0.4, 0.5) is 32.1 Å². The quantitative estimate of drug-likeness (QED) is 0.578. The van der Waals surface area contributed by atoms with Gasteiger partial charge < -0.3 is 15.4 Å². The average molecular weight is 395 g/mol. The molecule has 148 valence electrons. The predicted octanol–water partition coefficient (Wildman–Crippen LogP) is 4.18. The van der Waals surface area contributed by atoms with E-state index >= 15 is 0 Å². The summed E-state index contributed by atoms with van der Waals surface area (Å²) >= 11 is 0. The summed E-state index contributed by atoms with van der Waals surface area (Å²) in [6.45, 7) is 2.01. The number of halogens is 1. The SMILES string of the molecule is CCOC(=O)Nc1ccc(Nc2cc(C(=O)Nc3ccc(F)cc3)ncn2)cc1. The van der Waals surface area contributed by atoms with E-state index in [0.29, 0.717) is 22.9 Å². The zero-order chi connectivity index (χ0) is 20.6. The van der Waals surface area contributed by atoms with E-state index in [1.165, 1.54) is 36.7 Å². The third-order valence-electron chi connectivity index (χ3n) is 3.68. The summed E-state index contributed by atoms with van der Waals surface area (Å²) in [7, 11) is 0. The molecule has 3 N–H and O–H groups in total. The molecule has 2 aromatic carbocycles. The molecule has 0 aliphatic carbocycles. The first-order valence-electron chi connectivity index (χ1n) is 8.73. The molecule has 0 aliphatic heterocycles. The number of benzene rings is 2. The summed E-state index contributed by atoms with van der Waals surface area (Å²) in [5.74, 6) is -0.425. The Hall–Kier alpha value is -4.01. The third kappa shape index (κ3) is 5.73. The van der Waals surface area contributed by atoms with Crippen molar-refractivity contribution in [2.75, 3.05) is 22.6 Å². The Morgan fingerprint density at radius 1 is 0.931 bits per heavy atom. The molecule has 0 atom stereocenters. The van der Waals surface area contributed by atoms with E-state index in [4.69, 9.17) is 4.74 Å². The van der Waals surface area contributed by atoms with Crippen LogP contribution < -0.4 is 16.0 Å². The second-order valence-corrected chi connectivity index (χ2v) is 5.80. The van der Waals surface area contributed by atoms with Crippen molar-refractivity contribution in [1.29, 1.82) is 0 Å². The Morgan fingerprint density at radius 3 is 2.24 bits per heavy atom. The maximum Gasteiger partial charge on any atom is 0.411 e. The van der Waals surface area contributed by atoms with Crippen LogP contribution in [-0.2, 0) is 4.74 Å². The van der Waals surface area contributed by atoms with E-state index in [1.54, 1.807) is 31.2 Å². The van der Waals surface area contributed by atoms with Crippen LogP contribution in [0.1, 0.15) is 17.4 Å². The number of aromatic nitrogens is 2. The Balaban J connectivity index is 1.64. The number of carbonyl (C=O) groups is 2.